The summed E-state index contributed by atoms with van der Waals surface area (Å²) in [6, 6.07) is 15.1. The first kappa shape index (κ1) is 16.3. The number of fused-ring (bicyclic) bond motifs is 1. The third kappa shape index (κ3) is 2.92. The van der Waals surface area contributed by atoms with Crippen LogP contribution in [0.3, 0.4) is 0 Å². The topological polar surface area (TPSA) is 60.1 Å². The lowest BCUT2D eigenvalue weighted by Crippen LogP contribution is -2.34. The second-order valence-electron chi connectivity index (χ2n) is 6.19. The van der Waals surface area contributed by atoms with E-state index in [-0.39, 0.29) is 12.4 Å². The number of carbonyl (C=O) groups is 1. The summed E-state index contributed by atoms with van der Waals surface area (Å²) in [7, 11) is 0. The van der Waals surface area contributed by atoms with Gasteiger partial charge in [0.05, 0.1) is 6.54 Å². The Kier molecular flexibility index (Phi) is 4.12. The molecule has 1 aromatic heterocycles. The van der Waals surface area contributed by atoms with Crippen LogP contribution < -0.4 is 10.6 Å². The third-order valence-electron chi connectivity index (χ3n) is 4.44. The highest BCUT2D eigenvalue weighted by Crippen LogP contribution is 2.22. The predicted molar refractivity (Wildman–Crippen MR) is 94.6 cm³/mol. The Hall–Kier alpha value is -3.22. The van der Waals surface area contributed by atoms with E-state index >= 15 is 0 Å². The molecule has 2 aromatic carbocycles. The molecule has 0 N–H and O–H groups in total. The molecule has 0 radical (unpaired) electrons. The van der Waals surface area contributed by atoms with Gasteiger partial charge < -0.3 is 0 Å². The van der Waals surface area contributed by atoms with E-state index in [4.69, 9.17) is 0 Å². The van der Waals surface area contributed by atoms with Gasteiger partial charge in [-0.15, -0.1) is 0 Å². The first-order valence-electron chi connectivity index (χ1n) is 8.43. The Morgan fingerprint density at radius 2 is 1.73 bits per heavy atom. The number of aromatic nitrogens is 3. The van der Waals surface area contributed by atoms with Gasteiger partial charge in [-0.05, 0) is 42.7 Å². The van der Waals surface area contributed by atoms with E-state index in [9.17, 15) is 14.0 Å². The largest absolute Gasteiger partial charge is 0.354 e. The van der Waals surface area contributed by atoms with Gasteiger partial charge in [-0.2, -0.15) is 9.67 Å². The van der Waals surface area contributed by atoms with E-state index in [0.717, 1.165) is 17.4 Å². The lowest BCUT2D eigenvalue weighted by Gasteiger charge is -2.14. The van der Waals surface area contributed by atoms with Gasteiger partial charge in [0.25, 0.3) is 0 Å². The molecule has 1 amide bonds. The summed E-state index contributed by atoms with van der Waals surface area (Å²) in [4.78, 5) is 26.5. The highest BCUT2D eigenvalue weighted by atomic mass is 19.1. The first-order valence-corrected chi connectivity index (χ1v) is 8.43. The number of amides is 1. The second kappa shape index (κ2) is 6.59. The van der Waals surface area contributed by atoms with Crippen molar-refractivity contribution in [2.45, 2.75) is 25.9 Å². The minimum Gasteiger partial charge on any atom is -0.286 e. The molecule has 0 aliphatic carbocycles. The van der Waals surface area contributed by atoms with Crippen molar-refractivity contribution < 1.29 is 9.18 Å². The van der Waals surface area contributed by atoms with E-state index in [1.165, 1.54) is 39.4 Å². The second-order valence-corrected chi connectivity index (χ2v) is 6.19. The zero-order valence-corrected chi connectivity index (χ0v) is 14.0. The highest BCUT2D eigenvalue weighted by molar-refractivity contribution is 5.95. The van der Waals surface area contributed by atoms with Crippen LogP contribution in [0, 0.1) is 5.82 Å². The number of rotatable bonds is 5. The van der Waals surface area contributed by atoms with E-state index in [1.54, 1.807) is 0 Å². The van der Waals surface area contributed by atoms with Crippen LogP contribution in [0.1, 0.15) is 17.8 Å². The minimum absolute atomic E-state index is 0.200. The summed E-state index contributed by atoms with van der Waals surface area (Å²) >= 11 is 0. The summed E-state index contributed by atoms with van der Waals surface area (Å²) in [5, 5.41) is 4.30. The molecule has 3 aromatic rings. The maximum atomic E-state index is 13.1. The number of hydrogen-bond acceptors (Lipinski definition) is 3. The molecule has 1 aliphatic heterocycles. The van der Waals surface area contributed by atoms with Crippen molar-refractivity contribution in [2.75, 3.05) is 4.90 Å². The van der Waals surface area contributed by atoms with Crippen LogP contribution in [-0.2, 0) is 19.5 Å². The molecule has 0 atom stereocenters. The molecule has 0 spiro atoms. The molecular formula is C19H17FN4O2. The average molecular weight is 352 g/mol. The van der Waals surface area contributed by atoms with Crippen molar-refractivity contribution in [1.82, 2.24) is 14.3 Å². The Bertz CT molecular complexity index is 993. The number of aryl methyl sites for hydroxylation is 2. The van der Waals surface area contributed by atoms with Crippen LogP contribution >= 0.6 is 0 Å². The lowest BCUT2D eigenvalue weighted by molar-refractivity contribution is 0.249. The number of carbonyl (C=O) groups excluding carboxylic acids is 1. The molecule has 0 saturated heterocycles. The van der Waals surface area contributed by atoms with Gasteiger partial charge >= 0.3 is 11.7 Å². The summed E-state index contributed by atoms with van der Waals surface area (Å²) in [6.07, 6.45) is 1.60. The molecule has 0 bridgehead atoms. The van der Waals surface area contributed by atoms with Gasteiger partial charge in [0.2, 0.25) is 0 Å². The zero-order chi connectivity index (χ0) is 18.1. The molecule has 0 unspecified atom stereocenters. The third-order valence-corrected chi connectivity index (χ3v) is 4.44. The fourth-order valence-electron chi connectivity index (χ4n) is 3.12. The number of nitrogens with zero attached hydrogens (tertiary/aromatic N) is 4. The van der Waals surface area contributed by atoms with Crippen molar-refractivity contribution >= 4 is 11.7 Å². The van der Waals surface area contributed by atoms with Gasteiger partial charge in [0.1, 0.15) is 5.82 Å². The Labute approximate surface area is 149 Å². The van der Waals surface area contributed by atoms with Gasteiger partial charge in [-0.1, -0.05) is 30.3 Å². The number of anilines is 1. The number of benzene rings is 2. The zero-order valence-electron chi connectivity index (χ0n) is 14.0. The number of halogens is 1. The summed E-state index contributed by atoms with van der Waals surface area (Å²) in [6.45, 7) is 0.656. The van der Waals surface area contributed by atoms with Crippen LogP contribution in [-0.4, -0.2) is 20.4 Å². The lowest BCUT2D eigenvalue weighted by atomic mass is 10.1. The van der Waals surface area contributed by atoms with Crippen LogP contribution in [0.25, 0.3) is 0 Å². The molecule has 4 rings (SSSR count). The predicted octanol–water partition coefficient (Wildman–Crippen LogP) is 2.81. The van der Waals surface area contributed by atoms with E-state index in [2.05, 4.69) is 5.10 Å². The fraction of sp³-hybridized carbons (Fsp3) is 0.211. The molecule has 26 heavy (non-hydrogen) atoms. The maximum Gasteiger partial charge on any atom is 0.354 e. The van der Waals surface area contributed by atoms with E-state index < -0.39 is 11.7 Å². The van der Waals surface area contributed by atoms with Crippen molar-refractivity contribution in [3.8, 4) is 0 Å². The number of hydrogen-bond donors (Lipinski definition) is 0. The quantitative estimate of drug-likeness (QED) is 0.709. The standard InChI is InChI=1S/C19H17FN4O2/c20-15-8-10-16(11-9-15)22-13-17-21-23(19(26)24(17)18(22)25)12-4-7-14-5-2-1-3-6-14/h1-3,5-6,8-11H,4,7,12-13H2. The summed E-state index contributed by atoms with van der Waals surface area (Å²) in [5.41, 5.74) is 1.31. The summed E-state index contributed by atoms with van der Waals surface area (Å²) in [5.74, 6) is 0.0305. The van der Waals surface area contributed by atoms with E-state index in [1.807, 2.05) is 30.3 Å². The summed E-state index contributed by atoms with van der Waals surface area (Å²) < 4.78 is 15.5. The molecule has 132 valence electrons. The van der Waals surface area contributed by atoms with Crippen LogP contribution in [0.4, 0.5) is 14.9 Å². The van der Waals surface area contributed by atoms with E-state index in [0.29, 0.717) is 18.1 Å². The van der Waals surface area contributed by atoms with Gasteiger partial charge in [-0.25, -0.2) is 18.7 Å². The minimum atomic E-state index is -0.453. The Morgan fingerprint density at radius 3 is 2.42 bits per heavy atom. The molecule has 7 heteroatoms. The SMILES string of the molecule is O=C1N(c2ccc(F)cc2)Cc2nn(CCCc3ccccc3)c(=O)n21. The van der Waals surface area contributed by atoms with Gasteiger partial charge in [0.15, 0.2) is 5.82 Å². The molecule has 2 heterocycles. The van der Waals surface area contributed by atoms with Crippen molar-refractivity contribution in [3.63, 3.8) is 0 Å². The molecular weight excluding hydrogens is 335 g/mol. The van der Waals surface area contributed by atoms with Crippen LogP contribution in [0.2, 0.25) is 0 Å². The Morgan fingerprint density at radius 1 is 1.00 bits per heavy atom. The van der Waals surface area contributed by atoms with Crippen molar-refractivity contribution in [1.29, 1.82) is 0 Å². The van der Waals surface area contributed by atoms with Gasteiger partial charge in [-0.3, -0.25) is 4.90 Å². The van der Waals surface area contributed by atoms with Crippen LogP contribution in [0.15, 0.2) is 59.4 Å². The van der Waals surface area contributed by atoms with Crippen molar-refractivity contribution in [2.24, 2.45) is 0 Å². The molecule has 6 nitrogen and oxygen atoms in total. The first-order chi connectivity index (χ1) is 12.6. The highest BCUT2D eigenvalue weighted by Gasteiger charge is 2.33. The van der Waals surface area contributed by atoms with Gasteiger partial charge in [0, 0.05) is 12.2 Å². The van der Waals surface area contributed by atoms with Crippen LogP contribution in [0.5, 0.6) is 0 Å². The fourth-order valence-corrected chi connectivity index (χ4v) is 3.12. The van der Waals surface area contributed by atoms with Crippen molar-refractivity contribution in [3.05, 3.63) is 82.3 Å². The Balaban J connectivity index is 1.48. The maximum absolute atomic E-state index is 13.1. The molecule has 0 saturated carbocycles. The average Bonchev–Trinajstić information content (AvgIpc) is 3.14. The molecule has 0 fully saturated rings. The molecule has 1 aliphatic rings. The normalized spacial score (nSPS) is 13.3. The monoisotopic (exact) mass is 352 g/mol. The smallest absolute Gasteiger partial charge is 0.286 e.